The van der Waals surface area contributed by atoms with Crippen molar-refractivity contribution in [2.75, 3.05) is 23.8 Å². The summed E-state index contributed by atoms with van der Waals surface area (Å²) in [6, 6.07) is 6.70. The number of aromatic nitrogens is 3. The van der Waals surface area contributed by atoms with Crippen LogP contribution in [0, 0.1) is 6.92 Å². The monoisotopic (exact) mass is 320 g/mol. The summed E-state index contributed by atoms with van der Waals surface area (Å²) in [5, 5.41) is 11.1. The number of para-hydroxylation sites is 1. The first-order valence-electron chi connectivity index (χ1n) is 6.65. The van der Waals surface area contributed by atoms with Crippen LogP contribution < -0.4 is 10.2 Å². The molecule has 1 aromatic heterocycles. The molecular formula is C13H16N6O2S. The van der Waals surface area contributed by atoms with Crippen LogP contribution in [-0.4, -0.2) is 42.6 Å². The molecule has 0 radical (unpaired) electrons. The molecule has 0 fully saturated rings. The number of hydrogen-bond donors (Lipinski definition) is 1. The summed E-state index contributed by atoms with van der Waals surface area (Å²) in [5.41, 5.74) is 0.537. The van der Waals surface area contributed by atoms with Crippen molar-refractivity contribution >= 4 is 27.5 Å². The van der Waals surface area contributed by atoms with Crippen molar-refractivity contribution in [1.29, 1.82) is 0 Å². The zero-order chi connectivity index (χ0) is 15.9. The van der Waals surface area contributed by atoms with Crippen molar-refractivity contribution in [3.05, 3.63) is 30.1 Å². The number of benzene rings is 1. The van der Waals surface area contributed by atoms with Gasteiger partial charge in [-0.05, 0) is 19.1 Å². The van der Waals surface area contributed by atoms with Crippen LogP contribution in [0.5, 0.6) is 0 Å². The number of aryl methyl sites for hydroxylation is 1. The minimum absolute atomic E-state index is 0.191. The second-order valence-corrected chi connectivity index (χ2v) is 6.67. The van der Waals surface area contributed by atoms with Crippen LogP contribution in [0.1, 0.15) is 5.82 Å². The Bertz CT molecular complexity index is 855. The summed E-state index contributed by atoms with van der Waals surface area (Å²) in [5.74, 6) is 1.76. The topological polar surface area (TPSA) is 92.5 Å². The van der Waals surface area contributed by atoms with E-state index in [4.69, 9.17) is 0 Å². The number of sulfonamides is 1. The number of amidine groups is 1. The first-order valence-corrected chi connectivity index (χ1v) is 8.09. The number of fused-ring (bicyclic) bond motifs is 1. The second-order valence-electron chi connectivity index (χ2n) is 5.10. The van der Waals surface area contributed by atoms with Gasteiger partial charge in [-0.3, -0.25) is 0 Å². The van der Waals surface area contributed by atoms with Crippen LogP contribution in [0.25, 0.3) is 0 Å². The van der Waals surface area contributed by atoms with Crippen LogP contribution in [0.2, 0.25) is 0 Å². The molecule has 0 amide bonds. The Kier molecular flexibility index (Phi) is 3.36. The molecule has 0 saturated heterocycles. The average molecular weight is 320 g/mol. The Morgan fingerprint density at radius 1 is 1.27 bits per heavy atom. The maximum atomic E-state index is 12.2. The minimum atomic E-state index is -3.67. The van der Waals surface area contributed by atoms with Gasteiger partial charge >= 0.3 is 0 Å². The minimum Gasteiger partial charge on any atom is -0.340 e. The Morgan fingerprint density at radius 2 is 2.00 bits per heavy atom. The highest BCUT2D eigenvalue weighted by atomic mass is 32.2. The zero-order valence-electron chi connectivity index (χ0n) is 12.5. The normalized spacial score (nSPS) is 15.7. The summed E-state index contributed by atoms with van der Waals surface area (Å²) in [6.07, 6.45) is 0. The van der Waals surface area contributed by atoms with Crippen molar-refractivity contribution < 1.29 is 8.42 Å². The van der Waals surface area contributed by atoms with Gasteiger partial charge in [0, 0.05) is 14.1 Å². The lowest BCUT2D eigenvalue weighted by atomic mass is 10.3. The first-order chi connectivity index (χ1) is 10.4. The van der Waals surface area contributed by atoms with Crippen molar-refractivity contribution in [3.63, 3.8) is 0 Å². The van der Waals surface area contributed by atoms with E-state index in [1.807, 2.05) is 18.5 Å². The lowest BCUT2D eigenvalue weighted by molar-refractivity contribution is 0.597. The number of likely N-dealkylation sites (N-methyl/N-ethyl adjacent to an activating group) is 1. The molecule has 0 bridgehead atoms. The van der Waals surface area contributed by atoms with Crippen molar-refractivity contribution in [2.24, 2.45) is 11.4 Å². The number of anilines is 2. The van der Waals surface area contributed by atoms with E-state index in [2.05, 4.69) is 19.9 Å². The highest BCUT2D eigenvalue weighted by molar-refractivity contribution is 7.90. The molecule has 0 unspecified atom stereocenters. The van der Waals surface area contributed by atoms with E-state index in [9.17, 15) is 8.42 Å². The predicted octanol–water partition coefficient (Wildman–Crippen LogP) is 0.773. The molecule has 1 N–H and O–H groups in total. The molecule has 0 atom stereocenters. The molecule has 0 spiro atoms. The van der Waals surface area contributed by atoms with Gasteiger partial charge in [0.05, 0.1) is 12.2 Å². The zero-order valence-corrected chi connectivity index (χ0v) is 13.3. The molecule has 8 nitrogen and oxygen atoms in total. The molecule has 0 aliphatic carbocycles. The molecule has 22 heavy (non-hydrogen) atoms. The molecular weight excluding hydrogens is 304 g/mol. The van der Waals surface area contributed by atoms with Crippen molar-refractivity contribution in [1.82, 2.24) is 14.8 Å². The van der Waals surface area contributed by atoms with Crippen molar-refractivity contribution in [3.8, 4) is 0 Å². The van der Waals surface area contributed by atoms with Crippen LogP contribution in [0.15, 0.2) is 33.6 Å². The molecule has 1 aliphatic heterocycles. The molecule has 1 aliphatic rings. The predicted molar refractivity (Wildman–Crippen MR) is 83.7 cm³/mol. The maximum absolute atomic E-state index is 12.2. The van der Waals surface area contributed by atoms with E-state index in [-0.39, 0.29) is 11.4 Å². The first kappa shape index (κ1) is 14.5. The van der Waals surface area contributed by atoms with Gasteiger partial charge < -0.3 is 14.8 Å². The van der Waals surface area contributed by atoms with Gasteiger partial charge in [0.2, 0.25) is 5.95 Å². The lowest BCUT2D eigenvalue weighted by Gasteiger charge is -2.22. The quantitative estimate of drug-likeness (QED) is 0.898. The van der Waals surface area contributed by atoms with E-state index in [0.29, 0.717) is 17.5 Å². The second kappa shape index (κ2) is 5.09. The Labute approximate surface area is 128 Å². The van der Waals surface area contributed by atoms with Crippen LogP contribution >= 0.6 is 0 Å². The summed E-state index contributed by atoms with van der Waals surface area (Å²) < 4.78 is 30.0. The van der Waals surface area contributed by atoms with Gasteiger partial charge in [-0.1, -0.05) is 12.1 Å². The van der Waals surface area contributed by atoms with Gasteiger partial charge in [0.1, 0.15) is 16.6 Å². The Balaban J connectivity index is 1.88. The van der Waals surface area contributed by atoms with E-state index < -0.39 is 10.0 Å². The summed E-state index contributed by atoms with van der Waals surface area (Å²) in [4.78, 5) is 1.98. The largest absolute Gasteiger partial charge is 0.340 e. The third-order valence-corrected chi connectivity index (χ3v) is 4.84. The highest BCUT2D eigenvalue weighted by Gasteiger charge is 2.25. The fourth-order valence-corrected chi connectivity index (χ4v) is 3.40. The molecule has 0 saturated carbocycles. The molecule has 2 aromatic rings. The molecule has 9 heteroatoms. The van der Waals surface area contributed by atoms with Crippen LogP contribution in [0.3, 0.4) is 0 Å². The lowest BCUT2D eigenvalue weighted by Crippen LogP contribution is -2.34. The van der Waals surface area contributed by atoms with E-state index in [1.54, 1.807) is 30.1 Å². The van der Waals surface area contributed by atoms with E-state index in [1.165, 1.54) is 6.07 Å². The summed E-state index contributed by atoms with van der Waals surface area (Å²) >= 11 is 0. The van der Waals surface area contributed by atoms with Crippen LogP contribution in [0.4, 0.5) is 11.6 Å². The highest BCUT2D eigenvalue weighted by Crippen LogP contribution is 2.26. The third kappa shape index (κ3) is 2.43. The molecule has 3 rings (SSSR count). The maximum Gasteiger partial charge on any atom is 0.286 e. The summed E-state index contributed by atoms with van der Waals surface area (Å²) in [6.45, 7) is 2.13. The number of rotatable bonds is 3. The fraction of sp³-hybridized carbons (Fsp3) is 0.308. The summed E-state index contributed by atoms with van der Waals surface area (Å²) in [7, 11) is -0.0111. The average Bonchev–Trinajstić information content (AvgIpc) is 2.78. The van der Waals surface area contributed by atoms with E-state index in [0.717, 1.165) is 5.82 Å². The SMILES string of the molecule is Cc1nnc(N(C)CC2=NS(=O)(=O)c3ccccc3N2)n1C. The number of nitrogens with one attached hydrogen (secondary N) is 1. The van der Waals surface area contributed by atoms with Gasteiger partial charge in [0.25, 0.3) is 10.0 Å². The molecule has 116 valence electrons. The van der Waals surface area contributed by atoms with Gasteiger partial charge in [-0.25, -0.2) is 0 Å². The Hall–Kier alpha value is -2.42. The van der Waals surface area contributed by atoms with Crippen LogP contribution in [-0.2, 0) is 17.1 Å². The molecule has 2 heterocycles. The fourth-order valence-electron chi connectivity index (χ4n) is 2.26. The van der Waals surface area contributed by atoms with Crippen molar-refractivity contribution in [2.45, 2.75) is 11.8 Å². The van der Waals surface area contributed by atoms with Gasteiger partial charge in [-0.2, -0.15) is 8.42 Å². The molecule has 1 aromatic carbocycles. The van der Waals surface area contributed by atoms with Gasteiger partial charge in [0.15, 0.2) is 0 Å². The smallest absolute Gasteiger partial charge is 0.286 e. The third-order valence-electron chi connectivity index (χ3n) is 3.47. The number of nitrogens with zero attached hydrogens (tertiary/aromatic N) is 5. The standard InChI is InChI=1S/C13H16N6O2S/c1-9-15-16-13(19(9)3)18(2)8-12-14-10-6-4-5-7-11(10)22(20,21)17-12/h4-7H,8H2,1-3H3,(H,14,17). The van der Waals surface area contributed by atoms with E-state index >= 15 is 0 Å². The Morgan fingerprint density at radius 3 is 2.68 bits per heavy atom. The van der Waals surface area contributed by atoms with Gasteiger partial charge in [-0.15, -0.1) is 14.6 Å². The number of hydrogen-bond acceptors (Lipinski definition) is 6.